The summed E-state index contributed by atoms with van der Waals surface area (Å²) in [5.41, 5.74) is 6.83. The van der Waals surface area contributed by atoms with Gasteiger partial charge in [0.05, 0.1) is 31.0 Å². The fourth-order valence-electron chi connectivity index (χ4n) is 5.75. The zero-order valence-electron chi connectivity index (χ0n) is 24.9. The zero-order valence-corrected chi connectivity index (χ0v) is 24.9. The maximum Gasteiger partial charge on any atom is 0.335 e. The van der Waals surface area contributed by atoms with Crippen LogP contribution in [0.25, 0.3) is 16.9 Å². The first-order valence-electron chi connectivity index (χ1n) is 14.5. The summed E-state index contributed by atoms with van der Waals surface area (Å²) in [4.78, 5) is 39.9. The molecule has 2 fully saturated rings. The first-order valence-corrected chi connectivity index (χ1v) is 14.5. The van der Waals surface area contributed by atoms with Crippen LogP contribution in [-0.4, -0.2) is 79.7 Å². The second-order valence-corrected chi connectivity index (χ2v) is 11.6. The van der Waals surface area contributed by atoms with Gasteiger partial charge in [0.2, 0.25) is 0 Å². The number of amides is 1. The first kappa shape index (κ1) is 29.1. The fraction of sp³-hybridized carbons (Fsp3) is 0.344. The lowest BCUT2D eigenvalue weighted by molar-refractivity contribution is -0.125. The van der Waals surface area contributed by atoms with Crippen LogP contribution in [0.5, 0.6) is 11.5 Å². The topological polar surface area (TPSA) is 145 Å². The van der Waals surface area contributed by atoms with Crippen LogP contribution >= 0.6 is 0 Å². The van der Waals surface area contributed by atoms with Crippen molar-refractivity contribution in [1.82, 2.24) is 28.9 Å². The third-order valence-electron chi connectivity index (χ3n) is 8.50. The number of nitriles is 1. The van der Waals surface area contributed by atoms with Crippen molar-refractivity contribution < 1.29 is 14.3 Å². The number of imidazole rings is 1. The Hall–Kier alpha value is -4.99. The van der Waals surface area contributed by atoms with Gasteiger partial charge in [-0.3, -0.25) is 18.8 Å². The number of likely N-dealkylation sites (tertiary alicyclic amines) is 1. The Morgan fingerprint density at radius 3 is 2.50 bits per heavy atom. The highest BCUT2D eigenvalue weighted by molar-refractivity contribution is 5.97. The molecule has 0 aliphatic carbocycles. The van der Waals surface area contributed by atoms with E-state index in [0.29, 0.717) is 54.5 Å². The molecule has 4 heterocycles. The molecule has 226 valence electrons. The number of nitrogen functional groups attached to an aromatic ring is 1. The number of benzene rings is 2. The second kappa shape index (κ2) is 11.6. The summed E-state index contributed by atoms with van der Waals surface area (Å²) >= 11 is 0. The minimum absolute atomic E-state index is 0.0712. The average Bonchev–Trinajstić information content (AvgIpc) is 3.58. The Labute approximate surface area is 254 Å². The van der Waals surface area contributed by atoms with Crippen LogP contribution < -0.4 is 16.2 Å². The smallest absolute Gasteiger partial charge is 0.335 e. The number of aromatic nitrogens is 4. The van der Waals surface area contributed by atoms with E-state index in [1.54, 1.807) is 39.8 Å². The zero-order chi connectivity index (χ0) is 31.0. The number of carbonyl (C=O) groups excluding carboxylic acids is 1. The number of ether oxygens (including phenoxy) is 2. The monoisotopic (exact) mass is 594 g/mol. The molecular formula is C32H34N8O4. The van der Waals surface area contributed by atoms with Crippen LogP contribution in [0.4, 0.5) is 5.82 Å². The standard InChI is InChI=1S/C32H34N8O4/c1-32(2,37(3)24-18-43-19-24)15-21(16-33)30(41)38-14-13-23(17-38)40-29-27(28(34)35-20-36-29)39(31(40)42)22-9-11-26(12-10-22)44-25-7-5-4-6-8-25/h4-12,15,20,23-24H,13-14,17-19H2,1-3H3,(H2,34,35,36). The molecule has 2 aliphatic heterocycles. The SMILES string of the molecule is CN(C1COC1)C(C)(C)C=C(C#N)C(=O)N1CCC(n2c(=O)n(-c3ccc(Oc4ccccc4)cc3)c3c(N)ncnc32)C1. The van der Waals surface area contributed by atoms with Crippen LogP contribution in [0.1, 0.15) is 26.3 Å². The largest absolute Gasteiger partial charge is 0.457 e. The van der Waals surface area contributed by atoms with Gasteiger partial charge in [0.1, 0.15) is 35.0 Å². The maximum absolute atomic E-state index is 14.0. The predicted octanol–water partition coefficient (Wildman–Crippen LogP) is 3.29. The molecule has 6 rings (SSSR count). The molecule has 2 N–H and O–H groups in total. The van der Waals surface area contributed by atoms with Crippen LogP contribution in [-0.2, 0) is 9.53 Å². The van der Waals surface area contributed by atoms with Gasteiger partial charge in [-0.2, -0.15) is 5.26 Å². The molecule has 0 spiro atoms. The van der Waals surface area contributed by atoms with Crippen molar-refractivity contribution in [3.63, 3.8) is 0 Å². The summed E-state index contributed by atoms with van der Waals surface area (Å²) in [7, 11) is 1.97. The van der Waals surface area contributed by atoms with Crippen molar-refractivity contribution in [3.05, 3.63) is 83.1 Å². The highest BCUT2D eigenvalue weighted by atomic mass is 16.5. The number of hydrogen-bond acceptors (Lipinski definition) is 9. The van der Waals surface area contributed by atoms with E-state index in [1.165, 1.54) is 10.9 Å². The maximum atomic E-state index is 14.0. The molecule has 1 unspecified atom stereocenters. The van der Waals surface area contributed by atoms with E-state index in [1.807, 2.05) is 51.2 Å². The molecule has 2 aromatic carbocycles. The van der Waals surface area contributed by atoms with E-state index in [0.717, 1.165) is 0 Å². The van der Waals surface area contributed by atoms with Gasteiger partial charge in [0.25, 0.3) is 5.91 Å². The summed E-state index contributed by atoms with van der Waals surface area (Å²) < 4.78 is 14.3. The quantitative estimate of drug-likeness (QED) is 0.240. The third-order valence-corrected chi connectivity index (χ3v) is 8.50. The molecular weight excluding hydrogens is 560 g/mol. The van der Waals surface area contributed by atoms with Gasteiger partial charge in [-0.05, 0) is 69.8 Å². The van der Waals surface area contributed by atoms with Crippen LogP contribution in [0.2, 0.25) is 0 Å². The lowest BCUT2D eigenvalue weighted by atomic mass is 9.96. The van der Waals surface area contributed by atoms with Crippen LogP contribution in [0.15, 0.2) is 77.4 Å². The number of nitrogens with zero attached hydrogens (tertiary/aromatic N) is 7. The highest BCUT2D eigenvalue weighted by Crippen LogP contribution is 2.30. The van der Waals surface area contributed by atoms with Crippen LogP contribution in [0, 0.1) is 11.3 Å². The molecule has 12 heteroatoms. The lowest BCUT2D eigenvalue weighted by Crippen LogP contribution is -2.55. The summed E-state index contributed by atoms with van der Waals surface area (Å²) in [6, 6.07) is 18.5. The van der Waals surface area contributed by atoms with E-state index >= 15 is 0 Å². The van der Waals surface area contributed by atoms with Gasteiger partial charge in [0, 0.05) is 18.6 Å². The van der Waals surface area contributed by atoms with E-state index in [9.17, 15) is 14.9 Å². The van der Waals surface area contributed by atoms with Crippen molar-refractivity contribution in [2.75, 3.05) is 39.1 Å². The second-order valence-electron chi connectivity index (χ2n) is 11.6. The van der Waals surface area contributed by atoms with Gasteiger partial charge in [-0.15, -0.1) is 0 Å². The van der Waals surface area contributed by atoms with Gasteiger partial charge in [-0.25, -0.2) is 14.8 Å². The number of rotatable bonds is 8. The number of hydrogen-bond donors (Lipinski definition) is 1. The number of carbonyl (C=O) groups is 1. The molecule has 0 bridgehead atoms. The average molecular weight is 595 g/mol. The third kappa shape index (κ3) is 5.32. The Kier molecular flexibility index (Phi) is 7.67. The summed E-state index contributed by atoms with van der Waals surface area (Å²) in [5.74, 6) is 1.12. The molecule has 44 heavy (non-hydrogen) atoms. The molecule has 2 aliphatic rings. The van der Waals surface area contributed by atoms with Gasteiger partial charge < -0.3 is 20.1 Å². The molecule has 1 amide bonds. The van der Waals surface area contributed by atoms with Crippen LogP contribution in [0.3, 0.4) is 0 Å². The van der Waals surface area contributed by atoms with Gasteiger partial charge in [0.15, 0.2) is 11.5 Å². The fourth-order valence-corrected chi connectivity index (χ4v) is 5.75. The molecule has 0 saturated carbocycles. The Morgan fingerprint density at radius 2 is 1.84 bits per heavy atom. The molecule has 12 nitrogen and oxygen atoms in total. The Morgan fingerprint density at radius 1 is 1.14 bits per heavy atom. The number of likely N-dealkylation sites (N-methyl/N-ethyl adjacent to an activating group) is 1. The molecule has 1 atom stereocenters. The van der Waals surface area contributed by atoms with Crippen molar-refractivity contribution >= 4 is 22.9 Å². The predicted molar refractivity (Wildman–Crippen MR) is 164 cm³/mol. The van der Waals surface area contributed by atoms with E-state index in [4.69, 9.17) is 15.2 Å². The Balaban J connectivity index is 1.28. The van der Waals surface area contributed by atoms with E-state index in [2.05, 4.69) is 20.9 Å². The van der Waals surface area contributed by atoms with Gasteiger partial charge >= 0.3 is 5.69 Å². The minimum Gasteiger partial charge on any atom is -0.457 e. The number of fused-ring (bicyclic) bond motifs is 1. The van der Waals surface area contributed by atoms with Crippen molar-refractivity contribution in [2.24, 2.45) is 0 Å². The van der Waals surface area contributed by atoms with Crippen molar-refractivity contribution in [2.45, 2.75) is 37.9 Å². The number of para-hydroxylation sites is 1. The molecule has 2 aromatic heterocycles. The Bertz CT molecular complexity index is 1820. The highest BCUT2D eigenvalue weighted by Gasteiger charge is 2.36. The van der Waals surface area contributed by atoms with Gasteiger partial charge in [-0.1, -0.05) is 18.2 Å². The van der Waals surface area contributed by atoms with Crippen molar-refractivity contribution in [3.8, 4) is 23.3 Å². The molecule has 4 aromatic rings. The first-order chi connectivity index (χ1) is 21.2. The molecule has 2 saturated heterocycles. The number of anilines is 1. The lowest BCUT2D eigenvalue weighted by Gasteiger charge is -2.43. The molecule has 0 radical (unpaired) electrons. The summed E-state index contributed by atoms with van der Waals surface area (Å²) in [5, 5.41) is 9.93. The van der Waals surface area contributed by atoms with E-state index < -0.39 is 5.54 Å². The van der Waals surface area contributed by atoms with Crippen molar-refractivity contribution in [1.29, 1.82) is 5.26 Å². The number of nitrogens with two attached hydrogens (primary N) is 1. The normalized spacial score (nSPS) is 17.6. The minimum atomic E-state index is -0.533. The summed E-state index contributed by atoms with van der Waals surface area (Å²) in [6.45, 7) is 5.83. The van der Waals surface area contributed by atoms with E-state index in [-0.39, 0.29) is 41.6 Å². The summed E-state index contributed by atoms with van der Waals surface area (Å²) in [6.07, 6.45) is 3.56.